The third kappa shape index (κ3) is 4.18. The van der Waals surface area contributed by atoms with Crippen LogP contribution in [0.4, 0.5) is 33.3 Å². The van der Waals surface area contributed by atoms with Gasteiger partial charge in [-0.3, -0.25) is 4.79 Å². The van der Waals surface area contributed by atoms with E-state index in [-0.39, 0.29) is 5.69 Å². The lowest BCUT2D eigenvalue weighted by Crippen LogP contribution is -2.24. The van der Waals surface area contributed by atoms with Gasteiger partial charge in [-0.15, -0.1) is 0 Å². The van der Waals surface area contributed by atoms with Gasteiger partial charge in [0.15, 0.2) is 0 Å². The molecule has 0 fully saturated rings. The summed E-state index contributed by atoms with van der Waals surface area (Å²) >= 11 is 0. The van der Waals surface area contributed by atoms with Crippen LogP contribution < -0.4 is 10.6 Å². The van der Waals surface area contributed by atoms with Gasteiger partial charge in [-0.25, -0.2) is 8.78 Å². The van der Waals surface area contributed by atoms with Gasteiger partial charge < -0.3 is 10.6 Å². The van der Waals surface area contributed by atoms with Crippen molar-refractivity contribution in [2.24, 2.45) is 0 Å². The molecule has 0 atom stereocenters. The van der Waals surface area contributed by atoms with Crippen molar-refractivity contribution in [2.45, 2.75) is 6.18 Å². The summed E-state index contributed by atoms with van der Waals surface area (Å²) in [6.07, 6.45) is -4.59. The number of nitrogens with one attached hydrogen (secondary N) is 2. The van der Waals surface area contributed by atoms with Crippen molar-refractivity contribution in [2.75, 3.05) is 17.2 Å². The molecule has 0 aromatic heterocycles. The first kappa shape index (κ1) is 16.7. The lowest BCUT2D eigenvalue weighted by Gasteiger charge is -2.14. The number of carbonyl (C=O) groups is 1. The molecule has 1 amide bonds. The molecule has 23 heavy (non-hydrogen) atoms. The molecule has 0 aliphatic heterocycles. The molecular weight excluding hydrogens is 319 g/mol. The van der Waals surface area contributed by atoms with Crippen LogP contribution in [0.2, 0.25) is 0 Å². The summed E-state index contributed by atoms with van der Waals surface area (Å²) in [5, 5.41) is 4.28. The van der Waals surface area contributed by atoms with Crippen LogP contribution in [0, 0.1) is 11.6 Å². The van der Waals surface area contributed by atoms with E-state index in [9.17, 15) is 26.7 Å². The number of anilines is 2. The van der Waals surface area contributed by atoms with Crippen molar-refractivity contribution >= 4 is 17.3 Å². The third-order valence-corrected chi connectivity index (χ3v) is 2.90. The van der Waals surface area contributed by atoms with Crippen LogP contribution in [-0.4, -0.2) is 12.5 Å². The topological polar surface area (TPSA) is 41.1 Å². The molecule has 0 aliphatic carbocycles. The third-order valence-electron chi connectivity index (χ3n) is 2.90. The van der Waals surface area contributed by atoms with Crippen LogP contribution in [-0.2, 0) is 11.0 Å². The SMILES string of the molecule is O=C(CNc1ccccc1C(F)(F)F)Nc1c(F)cccc1F. The Morgan fingerprint density at radius 1 is 0.957 bits per heavy atom. The number of rotatable bonds is 4. The van der Waals surface area contributed by atoms with E-state index < -0.39 is 41.5 Å². The fourth-order valence-electron chi connectivity index (χ4n) is 1.86. The van der Waals surface area contributed by atoms with Crippen LogP contribution >= 0.6 is 0 Å². The Labute approximate surface area is 128 Å². The van der Waals surface area contributed by atoms with E-state index in [4.69, 9.17) is 0 Å². The van der Waals surface area contributed by atoms with Crippen LogP contribution in [0.5, 0.6) is 0 Å². The molecule has 0 aliphatic rings. The second kappa shape index (κ2) is 6.64. The van der Waals surface area contributed by atoms with Gasteiger partial charge in [0.1, 0.15) is 17.3 Å². The highest BCUT2D eigenvalue weighted by Gasteiger charge is 2.33. The Bertz CT molecular complexity index is 695. The van der Waals surface area contributed by atoms with Crippen LogP contribution in [0.3, 0.4) is 0 Å². The first-order valence-corrected chi connectivity index (χ1v) is 6.43. The van der Waals surface area contributed by atoms with E-state index in [0.29, 0.717) is 0 Å². The molecule has 2 rings (SSSR count). The quantitative estimate of drug-likeness (QED) is 0.831. The number of hydrogen-bond acceptors (Lipinski definition) is 2. The smallest absolute Gasteiger partial charge is 0.376 e. The van der Waals surface area contributed by atoms with Gasteiger partial charge in [0.25, 0.3) is 0 Å². The average Bonchev–Trinajstić information content (AvgIpc) is 2.48. The van der Waals surface area contributed by atoms with Crippen molar-refractivity contribution in [1.82, 2.24) is 0 Å². The van der Waals surface area contributed by atoms with Crippen molar-refractivity contribution in [3.05, 3.63) is 59.7 Å². The summed E-state index contributed by atoms with van der Waals surface area (Å²) in [6, 6.07) is 7.61. The number of alkyl halides is 3. The summed E-state index contributed by atoms with van der Waals surface area (Å²) in [6.45, 7) is -0.582. The Balaban J connectivity index is 2.06. The molecule has 2 aromatic carbocycles. The van der Waals surface area contributed by atoms with Gasteiger partial charge in [0.2, 0.25) is 5.91 Å². The molecule has 3 nitrogen and oxygen atoms in total. The maximum Gasteiger partial charge on any atom is 0.418 e. The summed E-state index contributed by atoms with van der Waals surface area (Å²) in [5.74, 6) is -2.84. The molecule has 0 spiro atoms. The highest BCUT2D eigenvalue weighted by atomic mass is 19.4. The number of benzene rings is 2. The van der Waals surface area contributed by atoms with E-state index in [1.54, 1.807) is 0 Å². The average molecular weight is 330 g/mol. The summed E-state index contributed by atoms with van der Waals surface area (Å²) in [4.78, 5) is 11.7. The minimum absolute atomic E-state index is 0.302. The number of halogens is 5. The van der Waals surface area contributed by atoms with Crippen LogP contribution in [0.25, 0.3) is 0 Å². The predicted octanol–water partition coefficient (Wildman–Crippen LogP) is 4.03. The Morgan fingerprint density at radius 2 is 1.57 bits per heavy atom. The second-order valence-electron chi connectivity index (χ2n) is 4.54. The summed E-state index contributed by atoms with van der Waals surface area (Å²) in [7, 11) is 0. The lowest BCUT2D eigenvalue weighted by molar-refractivity contribution is -0.137. The largest absolute Gasteiger partial charge is 0.418 e. The Morgan fingerprint density at radius 3 is 2.17 bits per heavy atom. The van der Waals surface area contributed by atoms with Crippen molar-refractivity contribution in [3.8, 4) is 0 Å². The van der Waals surface area contributed by atoms with E-state index >= 15 is 0 Å². The second-order valence-corrected chi connectivity index (χ2v) is 4.54. The van der Waals surface area contributed by atoms with Crippen molar-refractivity contribution in [3.63, 3.8) is 0 Å². The van der Waals surface area contributed by atoms with Crippen molar-refractivity contribution < 1.29 is 26.7 Å². The van der Waals surface area contributed by atoms with Gasteiger partial charge in [-0.1, -0.05) is 18.2 Å². The molecule has 0 radical (unpaired) electrons. The molecule has 2 aromatic rings. The molecule has 122 valence electrons. The van der Waals surface area contributed by atoms with Gasteiger partial charge in [0, 0.05) is 5.69 Å². The highest BCUT2D eigenvalue weighted by molar-refractivity contribution is 5.94. The maximum atomic E-state index is 13.4. The van der Waals surface area contributed by atoms with E-state index in [0.717, 1.165) is 30.3 Å². The number of carbonyl (C=O) groups excluding carboxylic acids is 1. The van der Waals surface area contributed by atoms with Gasteiger partial charge in [-0.05, 0) is 24.3 Å². The highest BCUT2D eigenvalue weighted by Crippen LogP contribution is 2.34. The number of amides is 1. The van der Waals surface area contributed by atoms with Gasteiger partial charge in [-0.2, -0.15) is 13.2 Å². The fraction of sp³-hybridized carbons (Fsp3) is 0.133. The molecule has 8 heteroatoms. The minimum atomic E-state index is -4.59. The Hall–Kier alpha value is -2.64. The van der Waals surface area contributed by atoms with Crippen LogP contribution in [0.1, 0.15) is 5.56 Å². The molecule has 0 saturated carbocycles. The normalized spacial score (nSPS) is 11.2. The zero-order valence-electron chi connectivity index (χ0n) is 11.5. The first-order chi connectivity index (χ1) is 10.8. The molecule has 2 N–H and O–H groups in total. The maximum absolute atomic E-state index is 13.4. The number of hydrogen-bond donors (Lipinski definition) is 2. The summed E-state index contributed by atoms with van der Waals surface area (Å²) < 4.78 is 65.1. The fourth-order valence-corrected chi connectivity index (χ4v) is 1.86. The standard InChI is InChI=1S/C15H11F5N2O/c16-10-5-3-6-11(17)14(10)22-13(23)8-21-12-7-2-1-4-9(12)15(18,19)20/h1-7,21H,8H2,(H,22,23). The molecule has 0 unspecified atom stereocenters. The van der Waals surface area contributed by atoms with Gasteiger partial charge in [0.05, 0.1) is 12.1 Å². The minimum Gasteiger partial charge on any atom is -0.376 e. The molecule has 0 saturated heterocycles. The summed E-state index contributed by atoms with van der Waals surface area (Å²) in [5.41, 5.74) is -1.89. The zero-order valence-corrected chi connectivity index (χ0v) is 11.5. The zero-order chi connectivity index (χ0) is 17.0. The van der Waals surface area contributed by atoms with E-state index in [1.807, 2.05) is 5.32 Å². The molecular formula is C15H11F5N2O. The Kier molecular flexibility index (Phi) is 4.83. The van der Waals surface area contributed by atoms with Crippen LogP contribution in [0.15, 0.2) is 42.5 Å². The van der Waals surface area contributed by atoms with E-state index in [1.165, 1.54) is 12.1 Å². The van der Waals surface area contributed by atoms with Crippen molar-refractivity contribution in [1.29, 1.82) is 0 Å². The number of para-hydroxylation sites is 2. The first-order valence-electron chi connectivity index (χ1n) is 6.43. The predicted molar refractivity (Wildman–Crippen MR) is 74.9 cm³/mol. The monoisotopic (exact) mass is 330 g/mol. The van der Waals surface area contributed by atoms with Gasteiger partial charge >= 0.3 is 6.18 Å². The van der Waals surface area contributed by atoms with E-state index in [2.05, 4.69) is 5.32 Å². The molecule has 0 bridgehead atoms. The lowest BCUT2D eigenvalue weighted by atomic mass is 10.1. The molecule has 0 heterocycles.